The molecule has 216 valence electrons. The number of piperazine rings is 1. The monoisotopic (exact) mass is 560 g/mol. The number of rotatable bonds is 8. The Bertz CT molecular complexity index is 1380. The normalized spacial score (nSPS) is 19.3. The predicted octanol–water partition coefficient (Wildman–Crippen LogP) is 1.44. The SMILES string of the molecule is CN(C)c1ccccc1C(=O)N1CCN(CCCN(C)c2cccc3c2C(=O)N(C2CCC(=O)NC2=O)C3=O)CC1. The minimum atomic E-state index is -0.986. The molecular formula is C30H36N6O5. The number of carbonyl (C=O) groups excluding carboxylic acids is 5. The number of nitrogens with one attached hydrogen (secondary N) is 1. The van der Waals surface area contributed by atoms with Crippen LogP contribution < -0.4 is 15.1 Å². The molecule has 1 unspecified atom stereocenters. The molecule has 3 heterocycles. The predicted molar refractivity (Wildman–Crippen MR) is 154 cm³/mol. The summed E-state index contributed by atoms with van der Waals surface area (Å²) < 4.78 is 0. The molecule has 11 heteroatoms. The van der Waals surface area contributed by atoms with Crippen molar-refractivity contribution in [1.29, 1.82) is 0 Å². The molecule has 1 atom stereocenters. The number of nitrogens with zero attached hydrogens (tertiary/aromatic N) is 5. The molecule has 41 heavy (non-hydrogen) atoms. The summed E-state index contributed by atoms with van der Waals surface area (Å²) in [5.74, 6) is -1.97. The molecule has 2 aromatic rings. The van der Waals surface area contributed by atoms with Crippen LogP contribution in [0.2, 0.25) is 0 Å². The van der Waals surface area contributed by atoms with Crippen LogP contribution in [-0.4, -0.2) is 111 Å². The number of piperidine rings is 1. The Balaban J connectivity index is 1.16. The largest absolute Gasteiger partial charge is 0.377 e. The Morgan fingerprint density at radius 1 is 0.902 bits per heavy atom. The topological polar surface area (TPSA) is 114 Å². The molecule has 0 aromatic heterocycles. The second-order valence-corrected chi connectivity index (χ2v) is 11.0. The first-order valence-corrected chi connectivity index (χ1v) is 14.0. The summed E-state index contributed by atoms with van der Waals surface area (Å²) in [6, 6.07) is 11.8. The van der Waals surface area contributed by atoms with Gasteiger partial charge in [-0.1, -0.05) is 18.2 Å². The summed E-state index contributed by atoms with van der Waals surface area (Å²) in [5, 5.41) is 2.23. The van der Waals surface area contributed by atoms with E-state index in [1.54, 1.807) is 12.1 Å². The highest BCUT2D eigenvalue weighted by Crippen LogP contribution is 2.34. The Morgan fingerprint density at radius 3 is 2.32 bits per heavy atom. The molecule has 5 rings (SSSR count). The third kappa shape index (κ3) is 5.54. The number of hydrogen-bond donors (Lipinski definition) is 1. The summed E-state index contributed by atoms with van der Waals surface area (Å²) in [6.45, 7) is 4.39. The van der Waals surface area contributed by atoms with Crippen LogP contribution in [0.3, 0.4) is 0 Å². The van der Waals surface area contributed by atoms with E-state index in [2.05, 4.69) is 10.2 Å². The Kier molecular flexibility index (Phi) is 8.07. The van der Waals surface area contributed by atoms with Crippen molar-refractivity contribution in [2.45, 2.75) is 25.3 Å². The number of anilines is 2. The van der Waals surface area contributed by atoms with Gasteiger partial charge in [-0.05, 0) is 43.7 Å². The van der Waals surface area contributed by atoms with Gasteiger partial charge in [-0.15, -0.1) is 0 Å². The number of imide groups is 2. The number of carbonyl (C=O) groups is 5. The zero-order valence-corrected chi connectivity index (χ0v) is 23.8. The molecule has 2 fully saturated rings. The number of amides is 5. The summed E-state index contributed by atoms with van der Waals surface area (Å²) in [7, 11) is 5.76. The number of fused-ring (bicyclic) bond motifs is 1. The summed E-state index contributed by atoms with van der Waals surface area (Å²) in [4.78, 5) is 72.8. The molecule has 0 bridgehead atoms. The molecule has 11 nitrogen and oxygen atoms in total. The van der Waals surface area contributed by atoms with Gasteiger partial charge in [-0.3, -0.25) is 39.1 Å². The van der Waals surface area contributed by atoms with Crippen molar-refractivity contribution < 1.29 is 24.0 Å². The zero-order chi connectivity index (χ0) is 29.3. The van der Waals surface area contributed by atoms with E-state index in [1.807, 2.05) is 66.2 Å². The lowest BCUT2D eigenvalue weighted by Crippen LogP contribution is -2.54. The second-order valence-electron chi connectivity index (χ2n) is 11.0. The molecule has 5 amide bonds. The smallest absolute Gasteiger partial charge is 0.264 e. The van der Waals surface area contributed by atoms with Crippen molar-refractivity contribution in [2.24, 2.45) is 0 Å². The standard InChI is InChI=1S/C30H36N6O5/c1-32(2)22-10-5-4-8-20(22)28(39)35-18-16-34(17-19-35)15-7-14-33(3)23-11-6-9-21-26(23)30(41)36(29(21)40)24-12-13-25(37)31-27(24)38/h4-6,8-11,24H,7,12-19H2,1-3H3,(H,31,37,38). The van der Waals surface area contributed by atoms with Crippen LogP contribution in [-0.2, 0) is 9.59 Å². The molecule has 0 saturated carbocycles. The Hall–Kier alpha value is -4.25. The van der Waals surface area contributed by atoms with E-state index in [0.717, 1.165) is 36.6 Å². The van der Waals surface area contributed by atoms with Gasteiger partial charge in [0.1, 0.15) is 6.04 Å². The van der Waals surface area contributed by atoms with Crippen LogP contribution in [0.5, 0.6) is 0 Å². The molecule has 0 radical (unpaired) electrons. The van der Waals surface area contributed by atoms with Gasteiger partial charge in [-0.25, -0.2) is 0 Å². The first-order valence-electron chi connectivity index (χ1n) is 14.0. The van der Waals surface area contributed by atoms with Crippen molar-refractivity contribution in [3.05, 3.63) is 59.2 Å². The summed E-state index contributed by atoms with van der Waals surface area (Å²) >= 11 is 0. The fourth-order valence-electron chi connectivity index (χ4n) is 5.86. The van der Waals surface area contributed by atoms with Gasteiger partial charge in [0.15, 0.2) is 0 Å². The highest BCUT2D eigenvalue weighted by atomic mass is 16.2. The highest BCUT2D eigenvalue weighted by Gasteiger charge is 2.45. The van der Waals surface area contributed by atoms with Crippen molar-refractivity contribution in [3.63, 3.8) is 0 Å². The van der Waals surface area contributed by atoms with Crippen molar-refractivity contribution >= 4 is 40.9 Å². The van der Waals surface area contributed by atoms with E-state index in [0.29, 0.717) is 36.4 Å². The maximum absolute atomic E-state index is 13.4. The average Bonchev–Trinajstić information content (AvgIpc) is 3.22. The third-order valence-electron chi connectivity index (χ3n) is 8.10. The molecule has 2 saturated heterocycles. The molecule has 3 aliphatic rings. The van der Waals surface area contributed by atoms with E-state index in [9.17, 15) is 24.0 Å². The Morgan fingerprint density at radius 2 is 1.61 bits per heavy atom. The van der Waals surface area contributed by atoms with Gasteiger partial charge >= 0.3 is 0 Å². The first-order chi connectivity index (χ1) is 19.7. The van der Waals surface area contributed by atoms with E-state index >= 15 is 0 Å². The van der Waals surface area contributed by atoms with Crippen molar-refractivity contribution in [2.75, 3.05) is 70.2 Å². The number of para-hydroxylation sites is 1. The minimum Gasteiger partial charge on any atom is -0.377 e. The number of benzene rings is 2. The number of hydrogen-bond acceptors (Lipinski definition) is 8. The molecule has 3 aliphatic heterocycles. The molecule has 0 spiro atoms. The van der Waals surface area contributed by atoms with Crippen molar-refractivity contribution in [3.8, 4) is 0 Å². The van der Waals surface area contributed by atoms with Gasteiger partial charge in [0.2, 0.25) is 11.8 Å². The lowest BCUT2D eigenvalue weighted by molar-refractivity contribution is -0.136. The lowest BCUT2D eigenvalue weighted by atomic mass is 10.0. The second kappa shape index (κ2) is 11.7. The quantitative estimate of drug-likeness (QED) is 0.483. The third-order valence-corrected chi connectivity index (χ3v) is 8.10. The Labute approximate surface area is 239 Å². The van der Waals surface area contributed by atoms with E-state index < -0.39 is 29.7 Å². The van der Waals surface area contributed by atoms with Crippen LogP contribution in [0, 0.1) is 0 Å². The van der Waals surface area contributed by atoms with Crippen LogP contribution in [0.25, 0.3) is 0 Å². The van der Waals surface area contributed by atoms with Gasteiger partial charge in [0, 0.05) is 66.0 Å². The van der Waals surface area contributed by atoms with E-state index in [1.165, 1.54) is 0 Å². The van der Waals surface area contributed by atoms with E-state index in [4.69, 9.17) is 0 Å². The maximum atomic E-state index is 13.4. The van der Waals surface area contributed by atoms with Gasteiger partial charge in [0.05, 0.1) is 22.4 Å². The first kappa shape index (κ1) is 28.3. The van der Waals surface area contributed by atoms with Gasteiger partial charge in [0.25, 0.3) is 17.7 Å². The zero-order valence-electron chi connectivity index (χ0n) is 23.8. The van der Waals surface area contributed by atoms with E-state index in [-0.39, 0.29) is 24.3 Å². The fourth-order valence-corrected chi connectivity index (χ4v) is 5.86. The highest BCUT2D eigenvalue weighted by molar-refractivity contribution is 6.25. The molecule has 0 aliphatic carbocycles. The van der Waals surface area contributed by atoms with Crippen LogP contribution in [0.15, 0.2) is 42.5 Å². The van der Waals surface area contributed by atoms with Gasteiger partial charge in [-0.2, -0.15) is 0 Å². The summed E-state index contributed by atoms with van der Waals surface area (Å²) in [5.41, 5.74) is 2.85. The molecule has 1 N–H and O–H groups in total. The van der Waals surface area contributed by atoms with Crippen LogP contribution >= 0.6 is 0 Å². The molecular weight excluding hydrogens is 524 g/mol. The van der Waals surface area contributed by atoms with Crippen LogP contribution in [0.4, 0.5) is 11.4 Å². The lowest BCUT2D eigenvalue weighted by Gasteiger charge is -2.35. The minimum absolute atomic E-state index is 0.0529. The fraction of sp³-hybridized carbons (Fsp3) is 0.433. The van der Waals surface area contributed by atoms with Crippen molar-refractivity contribution in [1.82, 2.24) is 20.0 Å². The summed E-state index contributed by atoms with van der Waals surface area (Å²) in [6.07, 6.45) is 1.04. The van der Waals surface area contributed by atoms with Crippen LogP contribution in [0.1, 0.15) is 50.3 Å². The van der Waals surface area contributed by atoms with Gasteiger partial charge < -0.3 is 14.7 Å². The maximum Gasteiger partial charge on any atom is 0.264 e. The average molecular weight is 561 g/mol. The molecule has 2 aromatic carbocycles.